The molecule has 2 aromatic rings. The zero-order valence-corrected chi connectivity index (χ0v) is 12.1. The van der Waals surface area contributed by atoms with Gasteiger partial charge in [0.15, 0.2) is 0 Å². The summed E-state index contributed by atoms with van der Waals surface area (Å²) in [5.41, 5.74) is 2.33. The standard InChI is InChI=1S/C18H22FN/c1-3-18(12-15-8-5-4-6-9-15)20-14(2)16-10-7-11-17(19)13-16/h4-11,13-14,18,20H,3,12H2,1-2H3/t14-,18?/m0/s1. The van der Waals surface area contributed by atoms with Gasteiger partial charge in [0.25, 0.3) is 0 Å². The van der Waals surface area contributed by atoms with Gasteiger partial charge in [-0.3, -0.25) is 0 Å². The minimum Gasteiger partial charge on any atom is -0.307 e. The molecule has 0 aliphatic heterocycles. The molecule has 0 fully saturated rings. The summed E-state index contributed by atoms with van der Waals surface area (Å²) >= 11 is 0. The van der Waals surface area contributed by atoms with Crippen molar-refractivity contribution in [2.45, 2.75) is 38.8 Å². The van der Waals surface area contributed by atoms with Gasteiger partial charge in [0.2, 0.25) is 0 Å². The topological polar surface area (TPSA) is 12.0 Å². The zero-order valence-electron chi connectivity index (χ0n) is 12.1. The van der Waals surface area contributed by atoms with Crippen LogP contribution in [-0.2, 0) is 6.42 Å². The van der Waals surface area contributed by atoms with Crippen molar-refractivity contribution in [1.29, 1.82) is 0 Å². The van der Waals surface area contributed by atoms with E-state index in [1.807, 2.05) is 12.1 Å². The van der Waals surface area contributed by atoms with Gasteiger partial charge in [0.1, 0.15) is 5.82 Å². The van der Waals surface area contributed by atoms with Gasteiger partial charge in [-0.2, -0.15) is 0 Å². The van der Waals surface area contributed by atoms with Crippen LogP contribution >= 0.6 is 0 Å². The molecular formula is C18H22FN. The van der Waals surface area contributed by atoms with Crippen LogP contribution in [0.5, 0.6) is 0 Å². The molecular weight excluding hydrogens is 249 g/mol. The normalized spacial score (nSPS) is 13.9. The summed E-state index contributed by atoms with van der Waals surface area (Å²) < 4.78 is 13.3. The van der Waals surface area contributed by atoms with Crippen LogP contribution in [0.3, 0.4) is 0 Å². The Bertz CT molecular complexity index is 524. The van der Waals surface area contributed by atoms with E-state index >= 15 is 0 Å². The van der Waals surface area contributed by atoms with E-state index in [1.54, 1.807) is 12.1 Å². The molecule has 0 bridgehead atoms. The van der Waals surface area contributed by atoms with Crippen LogP contribution in [0, 0.1) is 5.82 Å². The van der Waals surface area contributed by atoms with E-state index in [1.165, 1.54) is 11.6 Å². The Morgan fingerprint density at radius 3 is 2.45 bits per heavy atom. The van der Waals surface area contributed by atoms with Crippen LogP contribution in [0.25, 0.3) is 0 Å². The van der Waals surface area contributed by atoms with E-state index in [2.05, 4.69) is 43.4 Å². The van der Waals surface area contributed by atoms with Gasteiger partial charge in [-0.05, 0) is 43.0 Å². The monoisotopic (exact) mass is 271 g/mol. The molecule has 20 heavy (non-hydrogen) atoms. The van der Waals surface area contributed by atoms with Crippen molar-refractivity contribution in [2.75, 3.05) is 0 Å². The minimum absolute atomic E-state index is 0.152. The van der Waals surface area contributed by atoms with E-state index in [9.17, 15) is 4.39 Å². The molecule has 1 N–H and O–H groups in total. The summed E-state index contributed by atoms with van der Waals surface area (Å²) in [6.45, 7) is 4.27. The average molecular weight is 271 g/mol. The van der Waals surface area contributed by atoms with E-state index < -0.39 is 0 Å². The Balaban J connectivity index is 1.99. The number of rotatable bonds is 6. The van der Waals surface area contributed by atoms with Crippen molar-refractivity contribution in [3.63, 3.8) is 0 Å². The summed E-state index contributed by atoms with van der Waals surface area (Å²) in [7, 11) is 0. The number of hydrogen-bond acceptors (Lipinski definition) is 1. The fraction of sp³-hybridized carbons (Fsp3) is 0.333. The van der Waals surface area contributed by atoms with Crippen LogP contribution in [0.4, 0.5) is 4.39 Å². The molecule has 0 radical (unpaired) electrons. The Hall–Kier alpha value is -1.67. The molecule has 0 aromatic heterocycles. The highest BCUT2D eigenvalue weighted by Crippen LogP contribution is 2.16. The second-order valence-corrected chi connectivity index (χ2v) is 5.24. The second-order valence-electron chi connectivity index (χ2n) is 5.24. The quantitative estimate of drug-likeness (QED) is 0.815. The summed E-state index contributed by atoms with van der Waals surface area (Å²) in [6, 6.07) is 17.8. The average Bonchev–Trinajstić information content (AvgIpc) is 2.47. The highest BCUT2D eigenvalue weighted by atomic mass is 19.1. The molecule has 0 amide bonds. The van der Waals surface area contributed by atoms with Crippen LogP contribution in [-0.4, -0.2) is 6.04 Å². The maximum Gasteiger partial charge on any atom is 0.123 e. The number of halogens is 1. The molecule has 1 nitrogen and oxygen atoms in total. The first-order chi connectivity index (χ1) is 9.69. The van der Waals surface area contributed by atoms with Crippen LogP contribution in [0.15, 0.2) is 54.6 Å². The van der Waals surface area contributed by atoms with Gasteiger partial charge in [-0.15, -0.1) is 0 Å². The smallest absolute Gasteiger partial charge is 0.123 e. The van der Waals surface area contributed by atoms with Gasteiger partial charge < -0.3 is 5.32 Å². The molecule has 0 spiro atoms. The molecule has 0 aliphatic carbocycles. The van der Waals surface area contributed by atoms with Crippen molar-refractivity contribution in [1.82, 2.24) is 5.32 Å². The van der Waals surface area contributed by atoms with E-state index in [0.717, 1.165) is 18.4 Å². The van der Waals surface area contributed by atoms with Crippen molar-refractivity contribution < 1.29 is 4.39 Å². The van der Waals surface area contributed by atoms with Crippen LogP contribution < -0.4 is 5.32 Å². The molecule has 0 aliphatic rings. The maximum atomic E-state index is 13.3. The highest BCUT2D eigenvalue weighted by molar-refractivity contribution is 5.20. The van der Waals surface area contributed by atoms with Gasteiger partial charge in [0.05, 0.1) is 0 Å². The molecule has 2 aromatic carbocycles. The van der Waals surface area contributed by atoms with Gasteiger partial charge >= 0.3 is 0 Å². The zero-order chi connectivity index (χ0) is 14.4. The Kier molecular flexibility index (Phi) is 5.31. The number of nitrogens with one attached hydrogen (secondary N) is 1. The molecule has 2 atom stereocenters. The van der Waals surface area contributed by atoms with E-state index in [0.29, 0.717) is 6.04 Å². The predicted molar refractivity (Wildman–Crippen MR) is 82.2 cm³/mol. The first-order valence-corrected chi connectivity index (χ1v) is 7.24. The lowest BCUT2D eigenvalue weighted by molar-refractivity contribution is 0.439. The van der Waals surface area contributed by atoms with Crippen molar-refractivity contribution >= 4 is 0 Å². The molecule has 0 saturated heterocycles. The third-order valence-corrected chi connectivity index (χ3v) is 3.65. The Morgan fingerprint density at radius 1 is 1.05 bits per heavy atom. The molecule has 106 valence electrons. The third-order valence-electron chi connectivity index (χ3n) is 3.65. The summed E-state index contributed by atoms with van der Waals surface area (Å²) in [5.74, 6) is -0.174. The van der Waals surface area contributed by atoms with Crippen LogP contribution in [0.2, 0.25) is 0 Å². The summed E-state index contributed by atoms with van der Waals surface area (Å²) in [4.78, 5) is 0. The third kappa shape index (κ3) is 4.17. The number of hydrogen-bond donors (Lipinski definition) is 1. The van der Waals surface area contributed by atoms with Gasteiger partial charge in [-0.25, -0.2) is 4.39 Å². The summed E-state index contributed by atoms with van der Waals surface area (Å²) in [6.07, 6.45) is 2.05. The largest absolute Gasteiger partial charge is 0.307 e. The Morgan fingerprint density at radius 2 is 1.80 bits per heavy atom. The SMILES string of the molecule is CCC(Cc1ccccc1)N[C@@H](C)c1cccc(F)c1. The molecule has 1 unspecified atom stereocenters. The second kappa shape index (κ2) is 7.20. The van der Waals surface area contributed by atoms with Crippen LogP contribution in [0.1, 0.15) is 37.4 Å². The van der Waals surface area contributed by atoms with Crippen molar-refractivity contribution in [2.24, 2.45) is 0 Å². The molecule has 2 rings (SSSR count). The lowest BCUT2D eigenvalue weighted by Gasteiger charge is -2.23. The predicted octanol–water partition coefficient (Wildman–Crippen LogP) is 4.50. The maximum absolute atomic E-state index is 13.3. The molecule has 0 heterocycles. The fourth-order valence-corrected chi connectivity index (χ4v) is 2.45. The van der Waals surface area contributed by atoms with Crippen molar-refractivity contribution in [3.05, 3.63) is 71.5 Å². The highest BCUT2D eigenvalue weighted by Gasteiger charge is 2.12. The lowest BCUT2D eigenvalue weighted by atomic mass is 10.0. The van der Waals surface area contributed by atoms with Crippen molar-refractivity contribution in [3.8, 4) is 0 Å². The van der Waals surface area contributed by atoms with E-state index in [4.69, 9.17) is 0 Å². The first-order valence-electron chi connectivity index (χ1n) is 7.24. The minimum atomic E-state index is -0.174. The first kappa shape index (κ1) is 14.7. The molecule has 2 heteroatoms. The van der Waals surface area contributed by atoms with E-state index in [-0.39, 0.29) is 11.9 Å². The van der Waals surface area contributed by atoms with Gasteiger partial charge in [-0.1, -0.05) is 49.4 Å². The molecule has 0 saturated carbocycles. The Labute approximate surface area is 120 Å². The lowest BCUT2D eigenvalue weighted by Crippen LogP contribution is -2.32. The van der Waals surface area contributed by atoms with Gasteiger partial charge in [0, 0.05) is 12.1 Å². The number of benzene rings is 2. The fourth-order valence-electron chi connectivity index (χ4n) is 2.45. The summed E-state index contributed by atoms with van der Waals surface area (Å²) in [5, 5.41) is 3.59.